The highest BCUT2D eigenvalue weighted by Crippen LogP contribution is 2.35. The van der Waals surface area contributed by atoms with Crippen LogP contribution in [0.2, 0.25) is 0 Å². The maximum atomic E-state index is 13.2. The first-order valence-electron chi connectivity index (χ1n) is 11.4. The Morgan fingerprint density at radius 3 is 2.38 bits per heavy atom. The average molecular weight is 564 g/mol. The fourth-order valence-electron chi connectivity index (χ4n) is 3.53. The molecule has 0 heterocycles. The molecule has 9 nitrogen and oxygen atoms in total. The molecular weight excluding hydrogens is 539 g/mol. The van der Waals surface area contributed by atoms with Crippen molar-refractivity contribution in [3.8, 4) is 11.5 Å². The number of ether oxygens (including phenoxy) is 2. The third kappa shape index (κ3) is 7.87. The van der Waals surface area contributed by atoms with Gasteiger partial charge in [-0.25, -0.2) is 0 Å². The molecule has 206 valence electrons. The van der Waals surface area contributed by atoms with Crippen LogP contribution in [0.1, 0.15) is 21.5 Å². The van der Waals surface area contributed by atoms with Gasteiger partial charge in [0.15, 0.2) is 11.5 Å². The Morgan fingerprint density at radius 1 is 1.00 bits per heavy atom. The highest BCUT2D eigenvalue weighted by atomic mass is 32.2. The molecule has 0 radical (unpaired) electrons. The van der Waals surface area contributed by atoms with E-state index in [1.165, 1.54) is 38.5 Å². The number of para-hydroxylation sites is 1. The van der Waals surface area contributed by atoms with Crippen molar-refractivity contribution in [2.75, 3.05) is 31.8 Å². The van der Waals surface area contributed by atoms with Gasteiger partial charge in [0.1, 0.15) is 0 Å². The largest absolute Gasteiger partial charge is 0.493 e. The van der Waals surface area contributed by atoms with Crippen LogP contribution < -0.4 is 20.1 Å². The molecule has 0 saturated heterocycles. The van der Waals surface area contributed by atoms with Crippen molar-refractivity contribution < 1.29 is 37.2 Å². The van der Waals surface area contributed by atoms with Crippen LogP contribution in [0.25, 0.3) is 0 Å². The smallest absolute Gasteiger partial charge is 0.418 e. The summed E-state index contributed by atoms with van der Waals surface area (Å²) in [7, 11) is 3.05. The quantitative estimate of drug-likeness (QED) is 0.184. The molecule has 2 N–H and O–H groups in total. The summed E-state index contributed by atoms with van der Waals surface area (Å²) >= 11 is 0.900. The second-order valence-electron chi connectivity index (χ2n) is 8.02. The minimum absolute atomic E-state index is 0.127. The molecule has 0 aliphatic heterocycles. The van der Waals surface area contributed by atoms with E-state index in [4.69, 9.17) is 9.47 Å². The van der Waals surface area contributed by atoms with Crippen molar-refractivity contribution in [3.05, 3.63) is 87.5 Å². The summed E-state index contributed by atoms with van der Waals surface area (Å²) in [6.07, 6.45) is -4.18. The molecule has 0 aliphatic rings. The lowest BCUT2D eigenvalue weighted by atomic mass is 10.1. The Hall–Kier alpha value is -4.26. The Labute approximate surface area is 225 Å². The summed E-state index contributed by atoms with van der Waals surface area (Å²) in [6, 6.07) is 13.3. The van der Waals surface area contributed by atoms with E-state index in [0.717, 1.165) is 35.5 Å². The number of nitro groups is 1. The van der Waals surface area contributed by atoms with Crippen LogP contribution in [-0.4, -0.2) is 43.3 Å². The van der Waals surface area contributed by atoms with Gasteiger partial charge in [0.25, 0.3) is 11.6 Å². The SMILES string of the molecule is COc1ccc(CCNC(=O)CSc2ccc(C(=O)Nc3ccccc3C(F)(F)F)cc2[N+](=O)[O-])cc1OC. The average Bonchev–Trinajstić information content (AvgIpc) is 2.91. The van der Waals surface area contributed by atoms with Crippen molar-refractivity contribution in [3.63, 3.8) is 0 Å². The first-order valence-corrected chi connectivity index (χ1v) is 12.4. The number of nitro benzene ring substituents is 1. The minimum atomic E-state index is -4.70. The van der Waals surface area contributed by atoms with Crippen LogP contribution >= 0.6 is 11.8 Å². The van der Waals surface area contributed by atoms with E-state index in [1.54, 1.807) is 12.1 Å². The van der Waals surface area contributed by atoms with Crippen molar-refractivity contribution in [1.29, 1.82) is 0 Å². The predicted octanol–water partition coefficient (Wildman–Crippen LogP) is 5.33. The molecule has 0 aromatic heterocycles. The number of alkyl halides is 3. The lowest BCUT2D eigenvalue weighted by molar-refractivity contribution is -0.387. The van der Waals surface area contributed by atoms with Crippen molar-refractivity contribution >= 4 is 35.0 Å². The number of benzene rings is 3. The van der Waals surface area contributed by atoms with Crippen LogP contribution in [-0.2, 0) is 17.4 Å². The Kier molecular flexibility index (Phi) is 9.77. The summed E-state index contributed by atoms with van der Waals surface area (Å²) in [5.41, 5.74) is -1.27. The second-order valence-corrected chi connectivity index (χ2v) is 9.03. The van der Waals surface area contributed by atoms with E-state index in [0.29, 0.717) is 24.5 Å². The monoisotopic (exact) mass is 563 g/mol. The van der Waals surface area contributed by atoms with Crippen LogP contribution in [0, 0.1) is 10.1 Å². The first-order chi connectivity index (χ1) is 18.5. The zero-order valence-electron chi connectivity index (χ0n) is 20.8. The van der Waals surface area contributed by atoms with E-state index >= 15 is 0 Å². The molecule has 0 saturated carbocycles. The third-order valence-electron chi connectivity index (χ3n) is 5.44. The third-order valence-corrected chi connectivity index (χ3v) is 6.50. The van der Waals surface area contributed by atoms with Gasteiger partial charge in [-0.1, -0.05) is 18.2 Å². The summed E-state index contributed by atoms with van der Waals surface area (Å²) in [5, 5.41) is 16.5. The number of nitrogens with one attached hydrogen (secondary N) is 2. The standard InChI is InChI=1S/C26H24F3N3O6S/c1-37-21-9-7-16(13-22(21)38-2)11-12-30-24(33)15-39-23-10-8-17(14-20(23)32(35)36)25(34)31-19-6-4-3-5-18(19)26(27,28)29/h3-10,13-14H,11-12,15H2,1-2H3,(H,30,33)(H,31,34). The molecule has 3 rings (SSSR count). The van der Waals surface area contributed by atoms with E-state index in [-0.39, 0.29) is 22.1 Å². The summed E-state index contributed by atoms with van der Waals surface area (Å²) < 4.78 is 50.1. The second kappa shape index (κ2) is 13.0. The van der Waals surface area contributed by atoms with Gasteiger partial charge in [-0.15, -0.1) is 11.8 Å². The number of carbonyl (C=O) groups is 2. The first kappa shape index (κ1) is 29.3. The number of hydrogen-bond acceptors (Lipinski definition) is 7. The van der Waals surface area contributed by atoms with Gasteiger partial charge in [-0.05, 0) is 48.4 Å². The Bertz CT molecular complexity index is 1370. The molecular formula is C26H24F3N3O6S. The van der Waals surface area contributed by atoms with Crippen molar-refractivity contribution in [2.45, 2.75) is 17.5 Å². The number of nitrogens with zero attached hydrogens (tertiary/aromatic N) is 1. The molecule has 2 amide bonds. The van der Waals surface area contributed by atoms with Crippen LogP contribution in [0.5, 0.6) is 11.5 Å². The van der Waals surface area contributed by atoms with Crippen LogP contribution in [0.4, 0.5) is 24.5 Å². The number of anilines is 1. The maximum Gasteiger partial charge on any atom is 0.418 e. The predicted molar refractivity (Wildman–Crippen MR) is 139 cm³/mol. The van der Waals surface area contributed by atoms with Gasteiger partial charge >= 0.3 is 6.18 Å². The number of hydrogen-bond donors (Lipinski definition) is 2. The molecule has 0 atom stereocenters. The fourth-order valence-corrected chi connectivity index (χ4v) is 4.37. The van der Waals surface area contributed by atoms with Crippen LogP contribution in [0.15, 0.2) is 65.6 Å². The zero-order chi connectivity index (χ0) is 28.6. The van der Waals surface area contributed by atoms with Gasteiger partial charge in [-0.3, -0.25) is 19.7 Å². The number of methoxy groups -OCH3 is 2. The number of halogens is 3. The summed E-state index contributed by atoms with van der Waals surface area (Å²) in [4.78, 5) is 35.9. The molecule has 39 heavy (non-hydrogen) atoms. The highest BCUT2D eigenvalue weighted by molar-refractivity contribution is 8.00. The number of amides is 2. The molecule has 0 spiro atoms. The maximum absolute atomic E-state index is 13.2. The highest BCUT2D eigenvalue weighted by Gasteiger charge is 2.33. The number of thioether (sulfide) groups is 1. The van der Waals surface area contributed by atoms with E-state index in [2.05, 4.69) is 10.6 Å². The molecule has 3 aromatic rings. The van der Waals surface area contributed by atoms with Gasteiger partial charge in [0.05, 0.1) is 41.0 Å². The van der Waals surface area contributed by atoms with E-state index < -0.39 is 33.9 Å². The number of rotatable bonds is 11. The molecule has 0 bridgehead atoms. The van der Waals surface area contributed by atoms with Gasteiger partial charge in [0.2, 0.25) is 5.91 Å². The van der Waals surface area contributed by atoms with Crippen LogP contribution in [0.3, 0.4) is 0 Å². The van der Waals surface area contributed by atoms with Gasteiger partial charge < -0.3 is 20.1 Å². The molecule has 0 fully saturated rings. The normalized spacial score (nSPS) is 11.0. The molecule has 0 aliphatic carbocycles. The zero-order valence-corrected chi connectivity index (χ0v) is 21.7. The molecule has 0 unspecified atom stereocenters. The Balaban J connectivity index is 1.61. The fraction of sp³-hybridized carbons (Fsp3) is 0.231. The number of carbonyl (C=O) groups excluding carboxylic acids is 2. The summed E-state index contributed by atoms with van der Waals surface area (Å²) in [6.45, 7) is 0.315. The topological polar surface area (TPSA) is 120 Å². The van der Waals surface area contributed by atoms with Gasteiger partial charge in [-0.2, -0.15) is 13.2 Å². The molecule has 3 aromatic carbocycles. The van der Waals surface area contributed by atoms with Crippen molar-refractivity contribution in [2.24, 2.45) is 0 Å². The lowest BCUT2D eigenvalue weighted by Gasteiger charge is -2.13. The summed E-state index contributed by atoms with van der Waals surface area (Å²) in [5.74, 6) is -0.291. The molecule has 13 heteroatoms. The van der Waals surface area contributed by atoms with E-state index in [1.807, 2.05) is 6.07 Å². The lowest BCUT2D eigenvalue weighted by Crippen LogP contribution is -2.27. The van der Waals surface area contributed by atoms with Crippen molar-refractivity contribution in [1.82, 2.24) is 5.32 Å². The van der Waals surface area contributed by atoms with E-state index in [9.17, 15) is 32.9 Å². The van der Waals surface area contributed by atoms with Gasteiger partial charge in [0, 0.05) is 18.2 Å². The minimum Gasteiger partial charge on any atom is -0.493 e. The Morgan fingerprint density at radius 2 is 1.72 bits per heavy atom.